The van der Waals surface area contributed by atoms with E-state index in [0.717, 1.165) is 29.5 Å². The van der Waals surface area contributed by atoms with E-state index < -0.39 is 18.0 Å². The molecule has 2 unspecified atom stereocenters. The van der Waals surface area contributed by atoms with Crippen molar-refractivity contribution in [2.75, 3.05) is 11.9 Å². The Balaban J connectivity index is 1.61. The number of anilines is 1. The summed E-state index contributed by atoms with van der Waals surface area (Å²) in [6, 6.07) is 7.79. The maximum atomic E-state index is 13.0. The van der Waals surface area contributed by atoms with Gasteiger partial charge in [-0.25, -0.2) is 8.78 Å². The number of aromatic amines is 1. The third kappa shape index (κ3) is 2.60. The smallest absolute Gasteiger partial charge is 0.280 e. The van der Waals surface area contributed by atoms with Crippen molar-refractivity contribution in [2.24, 2.45) is 11.8 Å². The first kappa shape index (κ1) is 15.3. The van der Waals surface area contributed by atoms with Crippen LogP contribution in [-0.2, 0) is 0 Å². The van der Waals surface area contributed by atoms with Crippen molar-refractivity contribution in [3.8, 4) is 0 Å². The fourth-order valence-corrected chi connectivity index (χ4v) is 3.65. The molecule has 2 aliphatic carbocycles. The average molecular weight is 331 g/mol. The second kappa shape index (κ2) is 5.69. The molecule has 1 amide bonds. The fourth-order valence-electron chi connectivity index (χ4n) is 3.65. The third-order valence-electron chi connectivity index (χ3n) is 5.19. The lowest BCUT2D eigenvalue weighted by Crippen LogP contribution is -2.27. The molecule has 0 aliphatic heterocycles. The number of benzene rings is 1. The Kier molecular flexibility index (Phi) is 3.62. The van der Waals surface area contributed by atoms with Crippen LogP contribution in [0.1, 0.15) is 53.2 Å². The van der Waals surface area contributed by atoms with Crippen molar-refractivity contribution in [2.45, 2.75) is 31.6 Å². The second-order valence-electron chi connectivity index (χ2n) is 6.76. The van der Waals surface area contributed by atoms with Crippen LogP contribution in [-0.4, -0.2) is 23.2 Å². The molecule has 4 nitrogen and oxygen atoms in total. The first-order valence-corrected chi connectivity index (χ1v) is 8.26. The van der Waals surface area contributed by atoms with Gasteiger partial charge in [-0.05, 0) is 48.6 Å². The SMILES string of the molecule is CN(C(=O)c1cn[nH]c1C(F)F)c1ccccc1C1CC1C1CC1. The van der Waals surface area contributed by atoms with E-state index in [1.807, 2.05) is 18.2 Å². The van der Waals surface area contributed by atoms with Gasteiger partial charge in [0.15, 0.2) is 0 Å². The molecule has 4 rings (SSSR count). The van der Waals surface area contributed by atoms with Gasteiger partial charge >= 0.3 is 0 Å². The number of carbonyl (C=O) groups is 1. The lowest BCUT2D eigenvalue weighted by atomic mass is 10.0. The number of hydrogen-bond acceptors (Lipinski definition) is 2. The summed E-state index contributed by atoms with van der Waals surface area (Å²) in [7, 11) is 1.64. The third-order valence-corrected chi connectivity index (χ3v) is 5.19. The predicted octanol–water partition coefficient (Wildman–Crippen LogP) is 4.14. The zero-order valence-electron chi connectivity index (χ0n) is 13.4. The Labute approximate surface area is 138 Å². The monoisotopic (exact) mass is 331 g/mol. The van der Waals surface area contributed by atoms with Gasteiger partial charge in [0.05, 0.1) is 11.8 Å². The maximum absolute atomic E-state index is 13.0. The van der Waals surface area contributed by atoms with Crippen LogP contribution in [0, 0.1) is 11.8 Å². The summed E-state index contributed by atoms with van der Waals surface area (Å²) in [6.45, 7) is 0. The van der Waals surface area contributed by atoms with Gasteiger partial charge in [0, 0.05) is 12.7 Å². The van der Waals surface area contributed by atoms with Crippen LogP contribution in [0.15, 0.2) is 30.5 Å². The van der Waals surface area contributed by atoms with Crippen molar-refractivity contribution in [3.63, 3.8) is 0 Å². The van der Waals surface area contributed by atoms with Gasteiger partial charge in [-0.15, -0.1) is 0 Å². The molecule has 0 saturated heterocycles. The molecule has 6 heteroatoms. The van der Waals surface area contributed by atoms with Crippen LogP contribution in [0.25, 0.3) is 0 Å². The number of aromatic nitrogens is 2. The quantitative estimate of drug-likeness (QED) is 0.895. The zero-order valence-corrected chi connectivity index (χ0v) is 13.4. The summed E-state index contributed by atoms with van der Waals surface area (Å²) < 4.78 is 26.0. The lowest BCUT2D eigenvalue weighted by Gasteiger charge is -2.21. The second-order valence-corrected chi connectivity index (χ2v) is 6.76. The van der Waals surface area contributed by atoms with E-state index in [0.29, 0.717) is 5.92 Å². The molecule has 2 aliphatic rings. The maximum Gasteiger partial charge on any atom is 0.280 e. The molecule has 1 aromatic heterocycles. The number of nitrogens with one attached hydrogen (secondary N) is 1. The molecule has 24 heavy (non-hydrogen) atoms. The Morgan fingerprint density at radius 3 is 2.79 bits per heavy atom. The van der Waals surface area contributed by atoms with Gasteiger partial charge in [-0.2, -0.15) is 5.10 Å². The van der Waals surface area contributed by atoms with E-state index in [1.54, 1.807) is 7.05 Å². The molecule has 1 N–H and O–H groups in total. The molecule has 1 aromatic carbocycles. The Morgan fingerprint density at radius 1 is 1.33 bits per heavy atom. The van der Waals surface area contributed by atoms with Crippen LogP contribution in [0.5, 0.6) is 0 Å². The van der Waals surface area contributed by atoms with E-state index in [4.69, 9.17) is 0 Å². The molecule has 1 heterocycles. The topological polar surface area (TPSA) is 49.0 Å². The number of H-pyrrole nitrogens is 1. The number of para-hydroxylation sites is 1. The van der Waals surface area contributed by atoms with Gasteiger partial charge in [0.2, 0.25) is 0 Å². The summed E-state index contributed by atoms with van der Waals surface area (Å²) in [5.41, 5.74) is 1.45. The van der Waals surface area contributed by atoms with E-state index in [1.165, 1.54) is 23.9 Å². The molecule has 2 fully saturated rings. The molecule has 0 radical (unpaired) electrons. The van der Waals surface area contributed by atoms with Crippen molar-refractivity contribution < 1.29 is 13.6 Å². The number of rotatable bonds is 5. The highest BCUT2D eigenvalue weighted by Crippen LogP contribution is 2.60. The van der Waals surface area contributed by atoms with Crippen molar-refractivity contribution in [1.29, 1.82) is 0 Å². The molecule has 2 atom stereocenters. The average Bonchev–Trinajstić information content (AvgIpc) is 3.49. The first-order valence-electron chi connectivity index (χ1n) is 8.26. The van der Waals surface area contributed by atoms with Crippen LogP contribution < -0.4 is 4.90 Å². The van der Waals surface area contributed by atoms with Gasteiger partial charge < -0.3 is 4.90 Å². The zero-order chi connectivity index (χ0) is 16.8. The van der Waals surface area contributed by atoms with E-state index >= 15 is 0 Å². The standard InChI is InChI=1S/C18H19F2N3O/c1-23(18(24)14-9-21-22-16(14)17(19)20)15-5-3-2-4-11(15)13-8-12(13)10-6-7-10/h2-5,9-10,12-13,17H,6-8H2,1H3,(H,21,22). The minimum Gasteiger partial charge on any atom is -0.311 e. The first-order chi connectivity index (χ1) is 11.6. The molecular formula is C18H19F2N3O. The number of nitrogens with zero attached hydrogens (tertiary/aromatic N) is 2. The summed E-state index contributed by atoms with van der Waals surface area (Å²) in [4.78, 5) is 14.2. The molecule has 126 valence electrons. The fraction of sp³-hybridized carbons (Fsp3) is 0.444. The number of alkyl halides is 2. The lowest BCUT2D eigenvalue weighted by molar-refractivity contribution is 0.0977. The van der Waals surface area contributed by atoms with Gasteiger partial charge in [-0.3, -0.25) is 9.89 Å². The van der Waals surface area contributed by atoms with E-state index in [9.17, 15) is 13.6 Å². The summed E-state index contributed by atoms with van der Waals surface area (Å²) in [6.07, 6.45) is 2.21. The highest BCUT2D eigenvalue weighted by Gasteiger charge is 2.48. The van der Waals surface area contributed by atoms with E-state index in [2.05, 4.69) is 16.3 Å². The minimum atomic E-state index is -2.75. The highest BCUT2D eigenvalue weighted by molar-refractivity contribution is 6.06. The molecule has 0 spiro atoms. The van der Waals surface area contributed by atoms with Gasteiger partial charge in [0.1, 0.15) is 5.69 Å². The van der Waals surface area contributed by atoms with Crippen molar-refractivity contribution in [1.82, 2.24) is 10.2 Å². The van der Waals surface area contributed by atoms with Gasteiger partial charge in [0.25, 0.3) is 12.3 Å². The Hall–Kier alpha value is -2.24. The summed E-state index contributed by atoms with van der Waals surface area (Å²) in [5.74, 6) is 1.58. The Morgan fingerprint density at radius 2 is 2.08 bits per heavy atom. The summed E-state index contributed by atoms with van der Waals surface area (Å²) in [5, 5.41) is 5.83. The van der Waals surface area contributed by atoms with E-state index in [-0.39, 0.29) is 5.56 Å². The number of amides is 1. The highest BCUT2D eigenvalue weighted by atomic mass is 19.3. The summed E-state index contributed by atoms with van der Waals surface area (Å²) >= 11 is 0. The van der Waals surface area contributed by atoms with Crippen LogP contribution >= 0.6 is 0 Å². The number of carbonyl (C=O) groups excluding carboxylic acids is 1. The van der Waals surface area contributed by atoms with Crippen LogP contribution in [0.3, 0.4) is 0 Å². The predicted molar refractivity (Wildman–Crippen MR) is 86.3 cm³/mol. The normalized spacial score (nSPS) is 22.7. The molecule has 2 aromatic rings. The Bertz CT molecular complexity index is 769. The van der Waals surface area contributed by atoms with Crippen molar-refractivity contribution >= 4 is 11.6 Å². The molecule has 2 saturated carbocycles. The van der Waals surface area contributed by atoms with Crippen molar-refractivity contribution in [3.05, 3.63) is 47.3 Å². The minimum absolute atomic E-state index is 0.0724. The molecule has 0 bridgehead atoms. The molecular weight excluding hydrogens is 312 g/mol. The van der Waals surface area contributed by atoms with Crippen LogP contribution in [0.4, 0.5) is 14.5 Å². The van der Waals surface area contributed by atoms with Gasteiger partial charge in [-0.1, -0.05) is 18.2 Å². The van der Waals surface area contributed by atoms with Crippen LogP contribution in [0.2, 0.25) is 0 Å². The largest absolute Gasteiger partial charge is 0.311 e. The number of halogens is 2. The number of hydrogen-bond donors (Lipinski definition) is 1.